The van der Waals surface area contributed by atoms with Crippen LogP contribution in [0.1, 0.15) is 31.4 Å². The van der Waals surface area contributed by atoms with Gasteiger partial charge >= 0.3 is 0 Å². The van der Waals surface area contributed by atoms with Gasteiger partial charge in [0.2, 0.25) is 5.91 Å². The van der Waals surface area contributed by atoms with Gasteiger partial charge in [-0.15, -0.1) is 0 Å². The van der Waals surface area contributed by atoms with E-state index in [1.54, 1.807) is 12.3 Å². The van der Waals surface area contributed by atoms with Gasteiger partial charge in [0.15, 0.2) is 0 Å². The van der Waals surface area contributed by atoms with Gasteiger partial charge in [-0.1, -0.05) is 67.0 Å². The Labute approximate surface area is 140 Å². The summed E-state index contributed by atoms with van der Waals surface area (Å²) in [6.07, 6.45) is 3.54. The molecule has 116 valence electrons. The zero-order valence-electron chi connectivity index (χ0n) is 12.5. The summed E-state index contributed by atoms with van der Waals surface area (Å²) >= 11 is 7.21. The van der Waals surface area contributed by atoms with Crippen molar-refractivity contribution < 1.29 is 4.79 Å². The van der Waals surface area contributed by atoms with E-state index in [0.717, 1.165) is 23.4 Å². The lowest BCUT2D eigenvalue weighted by Crippen LogP contribution is -2.29. The normalized spacial score (nSPS) is 11.9. The van der Waals surface area contributed by atoms with Crippen LogP contribution >= 0.6 is 23.4 Å². The first-order valence-electron chi connectivity index (χ1n) is 7.27. The van der Waals surface area contributed by atoms with E-state index in [-0.39, 0.29) is 11.9 Å². The van der Waals surface area contributed by atoms with Crippen LogP contribution < -0.4 is 5.32 Å². The van der Waals surface area contributed by atoms with Gasteiger partial charge in [0, 0.05) is 6.20 Å². The summed E-state index contributed by atoms with van der Waals surface area (Å²) in [4.78, 5) is 16.3. The number of hydrogen-bond acceptors (Lipinski definition) is 3. The molecule has 0 aliphatic rings. The van der Waals surface area contributed by atoms with E-state index in [9.17, 15) is 4.79 Å². The first-order valence-corrected chi connectivity index (χ1v) is 8.64. The summed E-state index contributed by atoms with van der Waals surface area (Å²) in [5.74, 6) is 0.367. The molecule has 0 radical (unpaired) electrons. The molecule has 0 saturated heterocycles. The number of aromatic nitrogens is 1. The van der Waals surface area contributed by atoms with Crippen molar-refractivity contribution in [2.24, 2.45) is 0 Å². The summed E-state index contributed by atoms with van der Waals surface area (Å²) in [5, 5.41) is 4.50. The minimum absolute atomic E-state index is 0.0176. The van der Waals surface area contributed by atoms with Gasteiger partial charge in [-0.3, -0.25) is 4.79 Å². The number of benzene rings is 1. The van der Waals surface area contributed by atoms with Gasteiger partial charge in [0.1, 0.15) is 0 Å². The fraction of sp³-hybridized carbons (Fsp3) is 0.294. The van der Waals surface area contributed by atoms with E-state index in [4.69, 9.17) is 11.6 Å². The summed E-state index contributed by atoms with van der Waals surface area (Å²) in [6.45, 7) is 2.12. The number of pyridine rings is 1. The summed E-state index contributed by atoms with van der Waals surface area (Å²) < 4.78 is 0. The summed E-state index contributed by atoms with van der Waals surface area (Å²) in [5.41, 5.74) is 1.15. The fourth-order valence-electron chi connectivity index (χ4n) is 2.12. The molecule has 1 unspecified atom stereocenters. The Morgan fingerprint density at radius 3 is 2.68 bits per heavy atom. The van der Waals surface area contributed by atoms with Crippen LogP contribution in [-0.4, -0.2) is 16.6 Å². The molecule has 2 aromatic rings. The highest BCUT2D eigenvalue weighted by molar-refractivity contribution is 7.99. The Bertz CT molecular complexity index is 589. The molecule has 0 aliphatic carbocycles. The number of halogens is 1. The predicted octanol–water partition coefficient (Wildman–Crippen LogP) is 4.48. The van der Waals surface area contributed by atoms with E-state index in [0.29, 0.717) is 10.8 Å². The molecular formula is C17H19ClN2OS. The largest absolute Gasteiger partial charge is 0.349 e. The zero-order valence-corrected chi connectivity index (χ0v) is 14.0. The number of carbonyl (C=O) groups is 1. The highest BCUT2D eigenvalue weighted by Crippen LogP contribution is 2.20. The molecule has 1 N–H and O–H groups in total. The molecule has 5 heteroatoms. The average Bonchev–Trinajstić information content (AvgIpc) is 2.55. The minimum atomic E-state index is 0.0176. The highest BCUT2D eigenvalue weighted by atomic mass is 35.5. The predicted molar refractivity (Wildman–Crippen MR) is 92.2 cm³/mol. The number of rotatable bonds is 7. The third kappa shape index (κ3) is 5.35. The molecular weight excluding hydrogens is 316 g/mol. The molecule has 1 aromatic carbocycles. The van der Waals surface area contributed by atoms with Gasteiger partial charge in [-0.25, -0.2) is 4.98 Å². The first-order chi connectivity index (χ1) is 10.7. The van der Waals surface area contributed by atoms with Crippen LogP contribution in [0.25, 0.3) is 0 Å². The molecule has 0 saturated carbocycles. The second-order valence-electron chi connectivity index (χ2n) is 4.92. The monoisotopic (exact) mass is 334 g/mol. The standard InChI is InChI=1S/C17H19ClN2OS/c1-2-6-15(13-7-4-3-5-8-13)20-16(21)12-22-17-10-9-14(18)11-19-17/h3-5,7-11,15H,2,6,12H2,1H3,(H,20,21). The number of nitrogens with one attached hydrogen (secondary N) is 1. The van der Waals surface area contributed by atoms with Crippen molar-refractivity contribution in [3.8, 4) is 0 Å². The van der Waals surface area contributed by atoms with Gasteiger partial charge < -0.3 is 5.32 Å². The van der Waals surface area contributed by atoms with Crippen molar-refractivity contribution in [2.75, 3.05) is 5.75 Å². The van der Waals surface area contributed by atoms with Crippen molar-refractivity contribution in [3.63, 3.8) is 0 Å². The second-order valence-corrected chi connectivity index (χ2v) is 6.35. The van der Waals surface area contributed by atoms with Crippen LogP contribution in [0.5, 0.6) is 0 Å². The summed E-state index contributed by atoms with van der Waals surface area (Å²) in [6, 6.07) is 13.7. The van der Waals surface area contributed by atoms with Crippen LogP contribution in [0.15, 0.2) is 53.7 Å². The van der Waals surface area contributed by atoms with Crippen molar-refractivity contribution in [1.29, 1.82) is 0 Å². The van der Waals surface area contributed by atoms with Crippen molar-refractivity contribution in [1.82, 2.24) is 10.3 Å². The molecule has 22 heavy (non-hydrogen) atoms. The molecule has 0 spiro atoms. The highest BCUT2D eigenvalue weighted by Gasteiger charge is 2.13. The number of amides is 1. The Morgan fingerprint density at radius 2 is 2.05 bits per heavy atom. The first kappa shape index (κ1) is 16.8. The van der Waals surface area contributed by atoms with E-state index in [1.165, 1.54) is 11.8 Å². The molecule has 1 heterocycles. The fourth-order valence-corrected chi connectivity index (χ4v) is 2.88. The van der Waals surface area contributed by atoms with Gasteiger partial charge in [-0.05, 0) is 24.1 Å². The van der Waals surface area contributed by atoms with Crippen LogP contribution in [0, 0.1) is 0 Å². The molecule has 0 aliphatic heterocycles. The molecule has 1 aromatic heterocycles. The number of carbonyl (C=O) groups excluding carboxylic acids is 1. The lowest BCUT2D eigenvalue weighted by Gasteiger charge is -2.18. The average molecular weight is 335 g/mol. The SMILES string of the molecule is CCCC(NC(=O)CSc1ccc(Cl)cn1)c1ccccc1. The van der Waals surface area contributed by atoms with Crippen LogP contribution in [0.2, 0.25) is 5.02 Å². The van der Waals surface area contributed by atoms with E-state index < -0.39 is 0 Å². The van der Waals surface area contributed by atoms with Crippen molar-refractivity contribution in [3.05, 3.63) is 59.2 Å². The molecule has 1 atom stereocenters. The number of nitrogens with zero attached hydrogens (tertiary/aromatic N) is 1. The van der Waals surface area contributed by atoms with E-state index >= 15 is 0 Å². The third-order valence-electron chi connectivity index (χ3n) is 3.17. The molecule has 2 rings (SSSR count). The second kappa shape index (κ2) is 8.81. The lowest BCUT2D eigenvalue weighted by molar-refractivity contribution is -0.119. The Hall–Kier alpha value is -1.52. The maximum Gasteiger partial charge on any atom is 0.230 e. The smallest absolute Gasteiger partial charge is 0.230 e. The Kier molecular flexibility index (Phi) is 6.74. The van der Waals surface area contributed by atoms with Crippen LogP contribution in [0.3, 0.4) is 0 Å². The number of hydrogen-bond donors (Lipinski definition) is 1. The number of thioether (sulfide) groups is 1. The minimum Gasteiger partial charge on any atom is -0.349 e. The lowest BCUT2D eigenvalue weighted by atomic mass is 10.0. The molecule has 3 nitrogen and oxygen atoms in total. The van der Waals surface area contributed by atoms with Crippen LogP contribution in [-0.2, 0) is 4.79 Å². The van der Waals surface area contributed by atoms with Gasteiger partial charge in [0.25, 0.3) is 0 Å². The molecule has 1 amide bonds. The molecule has 0 fully saturated rings. The zero-order chi connectivity index (χ0) is 15.8. The van der Waals surface area contributed by atoms with Gasteiger partial charge in [0.05, 0.1) is 21.8 Å². The van der Waals surface area contributed by atoms with Crippen molar-refractivity contribution in [2.45, 2.75) is 30.8 Å². The maximum atomic E-state index is 12.2. The third-order valence-corrected chi connectivity index (χ3v) is 4.33. The summed E-state index contributed by atoms with van der Waals surface area (Å²) in [7, 11) is 0. The maximum absolute atomic E-state index is 12.2. The topological polar surface area (TPSA) is 42.0 Å². The van der Waals surface area contributed by atoms with E-state index in [1.807, 2.05) is 24.3 Å². The van der Waals surface area contributed by atoms with Crippen LogP contribution in [0.4, 0.5) is 0 Å². The van der Waals surface area contributed by atoms with Gasteiger partial charge in [-0.2, -0.15) is 0 Å². The quantitative estimate of drug-likeness (QED) is 0.759. The Morgan fingerprint density at radius 1 is 1.27 bits per heavy atom. The molecule has 0 bridgehead atoms. The van der Waals surface area contributed by atoms with Crippen molar-refractivity contribution >= 4 is 29.3 Å². The Balaban J connectivity index is 1.89. The van der Waals surface area contributed by atoms with E-state index in [2.05, 4.69) is 29.4 Å².